The van der Waals surface area contributed by atoms with Gasteiger partial charge in [0.1, 0.15) is 5.82 Å². The van der Waals surface area contributed by atoms with Crippen LogP contribution in [0.4, 0.5) is 5.82 Å². The van der Waals surface area contributed by atoms with E-state index in [4.69, 9.17) is 10.5 Å². The van der Waals surface area contributed by atoms with Crippen LogP contribution in [0.2, 0.25) is 0 Å². The number of anilines is 1. The molecule has 1 fully saturated rings. The summed E-state index contributed by atoms with van der Waals surface area (Å²) >= 11 is 0. The van der Waals surface area contributed by atoms with E-state index in [-0.39, 0.29) is 0 Å². The Bertz CT molecular complexity index is 599. The minimum Gasteiger partial charge on any atom is -0.375 e. The molecular weight excluding hydrogens is 250 g/mol. The fourth-order valence-electron chi connectivity index (χ4n) is 2.81. The van der Waals surface area contributed by atoms with E-state index in [1.54, 1.807) is 0 Å². The van der Waals surface area contributed by atoms with Gasteiger partial charge in [0.05, 0.1) is 12.7 Å². The third-order valence-corrected chi connectivity index (χ3v) is 3.97. The van der Waals surface area contributed by atoms with Crippen molar-refractivity contribution in [1.29, 1.82) is 0 Å². The first kappa shape index (κ1) is 13.3. The van der Waals surface area contributed by atoms with Gasteiger partial charge in [0, 0.05) is 31.2 Å². The van der Waals surface area contributed by atoms with Gasteiger partial charge in [-0.15, -0.1) is 0 Å². The first-order valence-corrected chi connectivity index (χ1v) is 7.26. The van der Waals surface area contributed by atoms with Crippen molar-refractivity contribution in [3.05, 3.63) is 36.0 Å². The van der Waals surface area contributed by atoms with Crippen molar-refractivity contribution < 1.29 is 4.74 Å². The summed E-state index contributed by atoms with van der Waals surface area (Å²) in [6.45, 7) is 5.27. The van der Waals surface area contributed by atoms with Gasteiger partial charge in [-0.2, -0.15) is 0 Å². The molecule has 0 bridgehead atoms. The van der Waals surface area contributed by atoms with Crippen molar-refractivity contribution in [2.75, 3.05) is 24.6 Å². The number of fused-ring (bicyclic) bond motifs is 1. The molecule has 0 radical (unpaired) electrons. The highest BCUT2D eigenvalue weighted by Gasteiger charge is 2.21. The zero-order valence-corrected chi connectivity index (χ0v) is 11.9. The van der Waals surface area contributed by atoms with E-state index in [9.17, 15) is 0 Å². The van der Waals surface area contributed by atoms with E-state index >= 15 is 0 Å². The second-order valence-corrected chi connectivity index (χ2v) is 5.20. The lowest BCUT2D eigenvalue weighted by molar-refractivity contribution is 0.0382. The number of nitrogens with two attached hydrogens (primary N) is 1. The van der Waals surface area contributed by atoms with E-state index in [2.05, 4.69) is 41.1 Å². The molecule has 1 saturated heterocycles. The Morgan fingerprint density at radius 3 is 2.90 bits per heavy atom. The standard InChI is InChI=1S/C16H21N3O/c1-2-13-11-19(7-8-20-13)16-15-6-4-3-5-14(15)12(9-17)10-18-16/h3-6,10,13H,2,7-9,11,17H2,1H3. The molecule has 1 unspecified atom stereocenters. The van der Waals surface area contributed by atoms with Gasteiger partial charge >= 0.3 is 0 Å². The highest BCUT2D eigenvalue weighted by Crippen LogP contribution is 2.28. The van der Waals surface area contributed by atoms with Crippen LogP contribution in [0, 0.1) is 0 Å². The molecule has 106 valence electrons. The van der Waals surface area contributed by atoms with Gasteiger partial charge in [-0.1, -0.05) is 31.2 Å². The van der Waals surface area contributed by atoms with Crippen molar-refractivity contribution >= 4 is 16.6 Å². The molecule has 1 aliphatic rings. The second-order valence-electron chi connectivity index (χ2n) is 5.20. The molecule has 1 aliphatic heterocycles. The molecule has 0 amide bonds. The van der Waals surface area contributed by atoms with Gasteiger partial charge in [0.2, 0.25) is 0 Å². The van der Waals surface area contributed by atoms with Crippen LogP contribution in [0.3, 0.4) is 0 Å². The molecule has 20 heavy (non-hydrogen) atoms. The van der Waals surface area contributed by atoms with Crippen molar-refractivity contribution in [3.63, 3.8) is 0 Å². The number of nitrogens with zero attached hydrogens (tertiary/aromatic N) is 2. The molecule has 1 aromatic heterocycles. The smallest absolute Gasteiger partial charge is 0.136 e. The average Bonchev–Trinajstić information content (AvgIpc) is 2.54. The molecule has 0 saturated carbocycles. The summed E-state index contributed by atoms with van der Waals surface area (Å²) in [5.41, 5.74) is 6.92. The molecule has 3 rings (SSSR count). The first-order chi connectivity index (χ1) is 9.83. The molecular formula is C16H21N3O. The molecule has 0 spiro atoms. The predicted molar refractivity (Wildman–Crippen MR) is 81.9 cm³/mol. The normalized spacial score (nSPS) is 19.5. The van der Waals surface area contributed by atoms with Gasteiger partial charge in [-0.25, -0.2) is 4.98 Å². The lowest BCUT2D eigenvalue weighted by atomic mass is 10.1. The summed E-state index contributed by atoms with van der Waals surface area (Å²) in [5, 5.41) is 2.40. The molecule has 4 nitrogen and oxygen atoms in total. The lowest BCUT2D eigenvalue weighted by Gasteiger charge is -2.34. The van der Waals surface area contributed by atoms with E-state index in [1.807, 2.05) is 6.20 Å². The maximum absolute atomic E-state index is 5.81. The quantitative estimate of drug-likeness (QED) is 0.930. The molecule has 1 aromatic carbocycles. The molecule has 2 heterocycles. The number of benzene rings is 1. The number of morpholine rings is 1. The van der Waals surface area contributed by atoms with Gasteiger partial charge in [0.15, 0.2) is 0 Å². The van der Waals surface area contributed by atoms with Crippen LogP contribution in [-0.4, -0.2) is 30.8 Å². The second kappa shape index (κ2) is 5.77. The maximum Gasteiger partial charge on any atom is 0.136 e. The Hall–Kier alpha value is -1.65. The lowest BCUT2D eigenvalue weighted by Crippen LogP contribution is -2.42. The highest BCUT2D eigenvalue weighted by molar-refractivity contribution is 5.94. The van der Waals surface area contributed by atoms with Crippen LogP contribution in [0.1, 0.15) is 18.9 Å². The van der Waals surface area contributed by atoms with Crippen LogP contribution >= 0.6 is 0 Å². The molecule has 4 heteroatoms. The van der Waals surface area contributed by atoms with Crippen molar-refractivity contribution in [1.82, 2.24) is 4.98 Å². The zero-order valence-electron chi connectivity index (χ0n) is 11.9. The van der Waals surface area contributed by atoms with Crippen molar-refractivity contribution in [3.8, 4) is 0 Å². The monoisotopic (exact) mass is 271 g/mol. The number of rotatable bonds is 3. The zero-order chi connectivity index (χ0) is 13.9. The Balaban J connectivity index is 2.03. The summed E-state index contributed by atoms with van der Waals surface area (Å²) in [7, 11) is 0. The summed E-state index contributed by atoms with van der Waals surface area (Å²) in [5.74, 6) is 1.06. The third-order valence-electron chi connectivity index (χ3n) is 3.97. The number of ether oxygens (including phenoxy) is 1. The number of hydrogen-bond donors (Lipinski definition) is 1. The van der Waals surface area contributed by atoms with Gasteiger partial charge < -0.3 is 15.4 Å². The Morgan fingerprint density at radius 2 is 2.15 bits per heavy atom. The summed E-state index contributed by atoms with van der Waals surface area (Å²) in [4.78, 5) is 6.99. The van der Waals surface area contributed by atoms with E-state index < -0.39 is 0 Å². The topological polar surface area (TPSA) is 51.4 Å². The summed E-state index contributed by atoms with van der Waals surface area (Å²) < 4.78 is 5.75. The largest absolute Gasteiger partial charge is 0.375 e. The Morgan fingerprint density at radius 1 is 1.35 bits per heavy atom. The number of pyridine rings is 1. The minimum atomic E-state index is 0.304. The fourth-order valence-corrected chi connectivity index (χ4v) is 2.81. The van der Waals surface area contributed by atoms with Crippen LogP contribution in [-0.2, 0) is 11.3 Å². The fraction of sp³-hybridized carbons (Fsp3) is 0.438. The molecule has 2 aromatic rings. The number of aromatic nitrogens is 1. The van der Waals surface area contributed by atoms with Crippen LogP contribution in [0.15, 0.2) is 30.5 Å². The van der Waals surface area contributed by atoms with E-state index in [0.717, 1.165) is 37.5 Å². The summed E-state index contributed by atoms with van der Waals surface area (Å²) in [6, 6.07) is 8.37. The van der Waals surface area contributed by atoms with Crippen LogP contribution in [0.25, 0.3) is 10.8 Å². The summed E-state index contributed by atoms with van der Waals surface area (Å²) in [6.07, 6.45) is 3.25. The first-order valence-electron chi connectivity index (χ1n) is 7.26. The highest BCUT2D eigenvalue weighted by atomic mass is 16.5. The molecule has 0 aliphatic carbocycles. The maximum atomic E-state index is 5.81. The van der Waals surface area contributed by atoms with Crippen molar-refractivity contribution in [2.24, 2.45) is 5.73 Å². The molecule has 2 N–H and O–H groups in total. The SMILES string of the molecule is CCC1CN(c2ncc(CN)c3ccccc23)CCO1. The van der Waals surface area contributed by atoms with Crippen LogP contribution in [0.5, 0.6) is 0 Å². The Kier molecular flexibility index (Phi) is 3.85. The average molecular weight is 271 g/mol. The van der Waals surface area contributed by atoms with Gasteiger partial charge in [0.25, 0.3) is 0 Å². The van der Waals surface area contributed by atoms with Gasteiger partial charge in [-0.05, 0) is 17.4 Å². The van der Waals surface area contributed by atoms with Crippen LogP contribution < -0.4 is 10.6 Å². The minimum absolute atomic E-state index is 0.304. The van der Waals surface area contributed by atoms with E-state index in [0.29, 0.717) is 12.6 Å². The van der Waals surface area contributed by atoms with Crippen molar-refractivity contribution in [2.45, 2.75) is 26.0 Å². The van der Waals surface area contributed by atoms with Gasteiger partial charge in [-0.3, -0.25) is 0 Å². The number of hydrogen-bond acceptors (Lipinski definition) is 4. The molecule has 1 atom stereocenters. The predicted octanol–water partition coefficient (Wildman–Crippen LogP) is 2.31. The third kappa shape index (κ3) is 2.37. The Labute approximate surface area is 119 Å². The van der Waals surface area contributed by atoms with E-state index in [1.165, 1.54) is 10.8 Å².